The highest BCUT2D eigenvalue weighted by Crippen LogP contribution is 2.14. The van der Waals surface area contributed by atoms with Crippen LogP contribution in [-0.4, -0.2) is 75.9 Å². The SMILES string of the molecule is CCN(CC(=O)N[C@@H](CC(=O)O)C(=O)N[C@H](C(=O)O)C(C)C)C(=O)c1ccc(N=C(N)N)cc1. The number of nitrogens with one attached hydrogen (secondary N) is 2. The van der Waals surface area contributed by atoms with Crippen molar-refractivity contribution >= 4 is 41.3 Å². The topological polar surface area (TPSA) is 218 Å². The molecule has 0 aliphatic heterocycles. The molecule has 0 saturated heterocycles. The van der Waals surface area contributed by atoms with Crippen LogP contribution in [0, 0.1) is 5.92 Å². The molecule has 0 heterocycles. The van der Waals surface area contributed by atoms with E-state index in [2.05, 4.69) is 15.6 Å². The molecule has 13 nitrogen and oxygen atoms in total. The van der Waals surface area contributed by atoms with Gasteiger partial charge in [0, 0.05) is 12.1 Å². The molecular weight excluding hydrogens is 448 g/mol. The molecule has 2 atom stereocenters. The number of nitrogens with two attached hydrogens (primary N) is 2. The minimum absolute atomic E-state index is 0.144. The van der Waals surface area contributed by atoms with Gasteiger partial charge in [0.05, 0.1) is 18.7 Å². The zero-order valence-corrected chi connectivity index (χ0v) is 19.1. The maximum Gasteiger partial charge on any atom is 0.326 e. The van der Waals surface area contributed by atoms with Gasteiger partial charge in [-0.15, -0.1) is 0 Å². The van der Waals surface area contributed by atoms with E-state index in [-0.39, 0.29) is 18.1 Å². The number of benzene rings is 1. The smallest absolute Gasteiger partial charge is 0.326 e. The average Bonchev–Trinajstić information content (AvgIpc) is 2.74. The highest BCUT2D eigenvalue weighted by atomic mass is 16.4. The predicted molar refractivity (Wildman–Crippen MR) is 122 cm³/mol. The number of amides is 3. The van der Waals surface area contributed by atoms with E-state index in [9.17, 15) is 29.1 Å². The van der Waals surface area contributed by atoms with Crippen molar-refractivity contribution in [3.63, 3.8) is 0 Å². The Morgan fingerprint density at radius 2 is 1.62 bits per heavy atom. The highest BCUT2D eigenvalue weighted by Gasteiger charge is 2.30. The lowest BCUT2D eigenvalue weighted by Gasteiger charge is -2.24. The standard InChI is InChI=1S/C21H30N6O7/c1-4-27(19(32)12-5-7-13(8-6-12)24-21(22)23)10-15(28)25-14(9-16(29)30)18(31)26-17(11(2)3)20(33)34/h5-8,11,14,17H,4,9-10H2,1-3H3,(H,25,28)(H,26,31)(H,29,30)(H,33,34)(H4,22,23,24)/t14-,17-/m0/s1. The van der Waals surface area contributed by atoms with E-state index >= 15 is 0 Å². The summed E-state index contributed by atoms with van der Waals surface area (Å²) in [6.07, 6.45) is -0.770. The minimum atomic E-state index is -1.53. The molecule has 1 aromatic rings. The van der Waals surface area contributed by atoms with Gasteiger partial charge < -0.3 is 37.2 Å². The first-order valence-corrected chi connectivity index (χ1v) is 10.4. The number of aliphatic carboxylic acids is 2. The van der Waals surface area contributed by atoms with Gasteiger partial charge in [0.25, 0.3) is 5.91 Å². The summed E-state index contributed by atoms with van der Waals surface area (Å²) in [6.45, 7) is 4.46. The highest BCUT2D eigenvalue weighted by molar-refractivity contribution is 5.98. The number of likely N-dealkylation sites (N-methyl/N-ethyl adjacent to an activating group) is 1. The second kappa shape index (κ2) is 12.8. The largest absolute Gasteiger partial charge is 0.481 e. The van der Waals surface area contributed by atoms with Gasteiger partial charge in [0.1, 0.15) is 12.1 Å². The first-order valence-electron chi connectivity index (χ1n) is 10.4. The number of carboxylic acid groups (broad SMARTS) is 2. The summed E-state index contributed by atoms with van der Waals surface area (Å²) in [4.78, 5) is 65.3. The Bertz CT molecular complexity index is 941. The molecule has 1 aromatic carbocycles. The number of carbonyl (C=O) groups excluding carboxylic acids is 3. The third-order valence-corrected chi connectivity index (χ3v) is 4.64. The van der Waals surface area contributed by atoms with E-state index in [4.69, 9.17) is 16.6 Å². The van der Waals surface area contributed by atoms with E-state index in [0.717, 1.165) is 0 Å². The van der Waals surface area contributed by atoms with Gasteiger partial charge in [-0.05, 0) is 37.1 Å². The first kappa shape index (κ1) is 27.9. The lowest BCUT2D eigenvalue weighted by molar-refractivity contribution is -0.144. The molecular formula is C21H30N6O7. The molecule has 0 aliphatic rings. The van der Waals surface area contributed by atoms with E-state index in [0.29, 0.717) is 5.69 Å². The molecule has 0 spiro atoms. The monoisotopic (exact) mass is 478 g/mol. The Morgan fingerprint density at radius 3 is 2.06 bits per heavy atom. The van der Waals surface area contributed by atoms with Gasteiger partial charge in [0.15, 0.2) is 5.96 Å². The van der Waals surface area contributed by atoms with Crippen LogP contribution in [0.5, 0.6) is 0 Å². The molecule has 34 heavy (non-hydrogen) atoms. The number of aliphatic imine (C=N–C) groups is 1. The molecule has 3 amide bonds. The molecule has 13 heteroatoms. The van der Waals surface area contributed by atoms with Crippen LogP contribution in [-0.2, 0) is 19.2 Å². The van der Waals surface area contributed by atoms with E-state index in [1.165, 1.54) is 29.2 Å². The van der Waals surface area contributed by atoms with Gasteiger partial charge in [-0.25, -0.2) is 9.79 Å². The Kier molecular flexibility index (Phi) is 10.5. The zero-order chi connectivity index (χ0) is 26.0. The number of hydrogen-bond acceptors (Lipinski definition) is 6. The van der Waals surface area contributed by atoms with Crippen molar-refractivity contribution < 1.29 is 34.2 Å². The summed E-state index contributed by atoms with van der Waals surface area (Å²) in [7, 11) is 0. The molecule has 0 aromatic heterocycles. The van der Waals surface area contributed by atoms with E-state index in [1.54, 1.807) is 20.8 Å². The van der Waals surface area contributed by atoms with Gasteiger partial charge in [-0.2, -0.15) is 0 Å². The summed E-state index contributed by atoms with van der Waals surface area (Å²) >= 11 is 0. The van der Waals surface area contributed by atoms with Crippen molar-refractivity contribution in [3.8, 4) is 0 Å². The Labute approximate surface area is 196 Å². The lowest BCUT2D eigenvalue weighted by Crippen LogP contribution is -2.55. The quantitative estimate of drug-likeness (QED) is 0.164. The predicted octanol–water partition coefficient (Wildman–Crippen LogP) is -0.761. The Hall–Kier alpha value is -4.16. The molecule has 0 aliphatic carbocycles. The second-order valence-electron chi connectivity index (χ2n) is 7.69. The number of carboxylic acids is 2. The molecule has 186 valence electrons. The fourth-order valence-corrected chi connectivity index (χ4v) is 2.90. The van der Waals surface area contributed by atoms with Crippen LogP contribution in [0.4, 0.5) is 5.69 Å². The van der Waals surface area contributed by atoms with Crippen molar-refractivity contribution in [2.24, 2.45) is 22.4 Å². The fraction of sp³-hybridized carbons (Fsp3) is 0.429. The maximum atomic E-state index is 12.8. The van der Waals surface area contributed by atoms with Gasteiger partial charge in [-0.3, -0.25) is 19.2 Å². The molecule has 0 unspecified atom stereocenters. The zero-order valence-electron chi connectivity index (χ0n) is 19.1. The van der Waals surface area contributed by atoms with E-state index < -0.39 is 60.6 Å². The molecule has 0 radical (unpaired) electrons. The van der Waals surface area contributed by atoms with Crippen LogP contribution >= 0.6 is 0 Å². The van der Waals surface area contributed by atoms with E-state index in [1.807, 2.05) is 0 Å². The van der Waals surface area contributed by atoms with Crippen molar-refractivity contribution in [1.29, 1.82) is 0 Å². The average molecular weight is 479 g/mol. The van der Waals surface area contributed by atoms with Crippen LogP contribution in [0.15, 0.2) is 29.3 Å². The lowest BCUT2D eigenvalue weighted by atomic mass is 10.0. The normalized spacial score (nSPS) is 12.2. The first-order chi connectivity index (χ1) is 15.8. The fourth-order valence-electron chi connectivity index (χ4n) is 2.90. The van der Waals surface area contributed by atoms with Crippen LogP contribution in [0.1, 0.15) is 37.6 Å². The van der Waals surface area contributed by atoms with Crippen molar-refractivity contribution in [2.75, 3.05) is 13.1 Å². The Balaban J connectivity index is 2.92. The molecule has 0 bridgehead atoms. The summed E-state index contributed by atoms with van der Waals surface area (Å²) in [5.41, 5.74) is 11.3. The summed E-state index contributed by atoms with van der Waals surface area (Å²) in [6, 6.07) is 3.19. The van der Waals surface area contributed by atoms with Crippen LogP contribution < -0.4 is 22.1 Å². The Morgan fingerprint density at radius 1 is 1.03 bits per heavy atom. The third kappa shape index (κ3) is 8.76. The van der Waals surface area contributed by atoms with Crippen molar-refractivity contribution in [2.45, 2.75) is 39.3 Å². The van der Waals surface area contributed by atoms with Crippen molar-refractivity contribution in [3.05, 3.63) is 29.8 Å². The number of carbonyl (C=O) groups is 5. The molecule has 0 saturated carbocycles. The van der Waals surface area contributed by atoms with Gasteiger partial charge in [-0.1, -0.05) is 13.8 Å². The summed E-state index contributed by atoms with van der Waals surface area (Å²) in [5, 5.41) is 22.8. The van der Waals surface area contributed by atoms with Crippen LogP contribution in [0.25, 0.3) is 0 Å². The second-order valence-corrected chi connectivity index (χ2v) is 7.69. The maximum absolute atomic E-state index is 12.8. The van der Waals surface area contributed by atoms with Gasteiger partial charge in [0.2, 0.25) is 11.8 Å². The summed E-state index contributed by atoms with van der Waals surface area (Å²) < 4.78 is 0. The van der Waals surface area contributed by atoms with Crippen molar-refractivity contribution in [1.82, 2.24) is 15.5 Å². The van der Waals surface area contributed by atoms with Crippen LogP contribution in [0.3, 0.4) is 0 Å². The number of guanidine groups is 1. The molecule has 8 N–H and O–H groups in total. The summed E-state index contributed by atoms with van der Waals surface area (Å²) in [5.74, 6) is -5.52. The number of rotatable bonds is 12. The minimum Gasteiger partial charge on any atom is -0.481 e. The molecule has 1 rings (SSSR count). The van der Waals surface area contributed by atoms with Crippen LogP contribution in [0.2, 0.25) is 0 Å². The van der Waals surface area contributed by atoms with Gasteiger partial charge >= 0.3 is 11.9 Å². The number of hydrogen-bond donors (Lipinski definition) is 6. The molecule has 0 fully saturated rings. The third-order valence-electron chi connectivity index (χ3n) is 4.64. The number of nitrogens with zero attached hydrogens (tertiary/aromatic N) is 2.